The van der Waals surface area contributed by atoms with Crippen LogP contribution in [0, 0.1) is 5.92 Å². The molecule has 1 aliphatic heterocycles. The van der Waals surface area contributed by atoms with Crippen LogP contribution in [0.15, 0.2) is 89.9 Å². The monoisotopic (exact) mass is 520 g/mol. The highest BCUT2D eigenvalue weighted by atomic mass is 35.5. The molecule has 6 heteroatoms. The molecule has 2 aliphatic carbocycles. The average Bonchev–Trinajstić information content (AvgIpc) is 2.90. The van der Waals surface area contributed by atoms with Crippen LogP contribution in [0.1, 0.15) is 38.8 Å². The SMILES string of the molecule is C=C(C)C(=O)OCc1ccccc1C1=C2C=CC(=[N+](C)CC)C=C2OC2C=C(N(CC)CC)C=CC12.[Cl-]. The van der Waals surface area contributed by atoms with Crippen LogP contribution in [0.25, 0.3) is 5.57 Å². The summed E-state index contributed by atoms with van der Waals surface area (Å²) in [6.07, 6.45) is 13.1. The zero-order chi connectivity index (χ0) is 25.8. The number of rotatable bonds is 8. The van der Waals surface area contributed by atoms with E-state index < -0.39 is 0 Å². The lowest BCUT2D eigenvalue weighted by Crippen LogP contribution is -3.00. The number of likely N-dealkylation sites (N-methyl/N-ethyl adjacent to an activating group) is 1. The fourth-order valence-electron chi connectivity index (χ4n) is 4.88. The number of hydrogen-bond donors (Lipinski definition) is 0. The maximum atomic E-state index is 12.1. The molecule has 3 aliphatic rings. The van der Waals surface area contributed by atoms with Crippen molar-refractivity contribution in [3.63, 3.8) is 0 Å². The van der Waals surface area contributed by atoms with Gasteiger partial charge in [-0.05, 0) is 62.6 Å². The van der Waals surface area contributed by atoms with Crippen LogP contribution in [0.5, 0.6) is 0 Å². The molecule has 0 amide bonds. The molecule has 0 fully saturated rings. The number of halogens is 1. The van der Waals surface area contributed by atoms with E-state index in [-0.39, 0.29) is 37.0 Å². The van der Waals surface area contributed by atoms with Crippen LogP contribution >= 0.6 is 0 Å². The molecular formula is C31H37ClN2O3. The average molecular weight is 521 g/mol. The predicted molar refractivity (Wildman–Crippen MR) is 145 cm³/mol. The number of esters is 1. The summed E-state index contributed by atoms with van der Waals surface area (Å²) in [6, 6.07) is 8.18. The van der Waals surface area contributed by atoms with Gasteiger partial charge in [0, 0.05) is 41.9 Å². The Balaban J connectivity index is 0.00000380. The van der Waals surface area contributed by atoms with Crippen molar-refractivity contribution < 1.29 is 31.3 Å². The Kier molecular flexibility index (Phi) is 9.39. The second-order valence-corrected chi connectivity index (χ2v) is 9.35. The van der Waals surface area contributed by atoms with Gasteiger partial charge >= 0.3 is 5.97 Å². The first-order chi connectivity index (χ1) is 17.4. The zero-order valence-corrected chi connectivity index (χ0v) is 23.2. The van der Waals surface area contributed by atoms with E-state index in [1.807, 2.05) is 18.2 Å². The van der Waals surface area contributed by atoms with Gasteiger partial charge in [0.05, 0.1) is 6.08 Å². The summed E-state index contributed by atoms with van der Waals surface area (Å²) in [6.45, 7) is 14.9. The standard InChI is InChI=1S/C31H37N2O3.ClH/c1-7-32(6)23-14-16-26-28(18-23)36-29-19-24(33(8-2)9-3)15-17-27(29)30(26)25-13-11-10-12-22(25)20-35-31(34)21(4)5;/h10-19,27,29H,4,7-9,20H2,1-3,5-6H3;1H/q+1;/p-1. The molecule has 0 saturated heterocycles. The van der Waals surface area contributed by atoms with Gasteiger partial charge in [-0.25, -0.2) is 9.37 Å². The van der Waals surface area contributed by atoms with Gasteiger partial charge in [0.2, 0.25) is 5.71 Å². The van der Waals surface area contributed by atoms with Crippen LogP contribution in [-0.4, -0.2) is 53.9 Å². The molecule has 0 bridgehead atoms. The maximum absolute atomic E-state index is 12.1. The second-order valence-electron chi connectivity index (χ2n) is 9.35. The number of allylic oxidation sites excluding steroid dienone is 4. The van der Waals surface area contributed by atoms with Crippen molar-refractivity contribution in [1.82, 2.24) is 4.90 Å². The molecule has 37 heavy (non-hydrogen) atoms. The molecule has 0 aromatic heterocycles. The van der Waals surface area contributed by atoms with Gasteiger partial charge in [0.15, 0.2) is 0 Å². The molecule has 4 rings (SSSR count). The van der Waals surface area contributed by atoms with Crippen LogP contribution in [0.2, 0.25) is 0 Å². The molecule has 0 N–H and O–H groups in total. The van der Waals surface area contributed by atoms with Gasteiger partial charge in [-0.2, -0.15) is 0 Å². The number of hydrogen-bond acceptors (Lipinski definition) is 4. The third-order valence-corrected chi connectivity index (χ3v) is 7.07. The van der Waals surface area contributed by atoms with Crippen molar-refractivity contribution >= 4 is 17.3 Å². The van der Waals surface area contributed by atoms with Gasteiger partial charge in [-0.1, -0.05) is 36.9 Å². The summed E-state index contributed by atoms with van der Waals surface area (Å²) >= 11 is 0. The first-order valence-corrected chi connectivity index (χ1v) is 12.8. The van der Waals surface area contributed by atoms with Crippen molar-refractivity contribution in [2.75, 3.05) is 26.7 Å². The van der Waals surface area contributed by atoms with Crippen LogP contribution in [-0.2, 0) is 20.9 Å². The smallest absolute Gasteiger partial charge is 0.333 e. The number of carbonyl (C=O) groups is 1. The highest BCUT2D eigenvalue weighted by Gasteiger charge is 2.37. The molecule has 2 unspecified atom stereocenters. The number of carbonyl (C=O) groups excluding carboxylic acids is 1. The van der Waals surface area contributed by atoms with E-state index in [4.69, 9.17) is 9.47 Å². The summed E-state index contributed by atoms with van der Waals surface area (Å²) in [4.78, 5) is 14.5. The Labute approximate surface area is 227 Å². The van der Waals surface area contributed by atoms with E-state index in [0.29, 0.717) is 5.57 Å². The molecule has 196 valence electrons. The van der Waals surface area contributed by atoms with Crippen molar-refractivity contribution in [1.29, 1.82) is 0 Å². The largest absolute Gasteiger partial charge is 1.00 e. The van der Waals surface area contributed by atoms with E-state index in [2.05, 4.69) is 86.4 Å². The Morgan fingerprint density at radius 2 is 1.86 bits per heavy atom. The van der Waals surface area contributed by atoms with E-state index in [0.717, 1.165) is 47.8 Å². The van der Waals surface area contributed by atoms with Crippen LogP contribution in [0.3, 0.4) is 0 Å². The van der Waals surface area contributed by atoms with Crippen LogP contribution < -0.4 is 12.4 Å². The molecular weight excluding hydrogens is 484 g/mol. The summed E-state index contributed by atoms with van der Waals surface area (Å²) in [5.41, 5.74) is 7.02. The zero-order valence-electron chi connectivity index (χ0n) is 22.5. The quantitative estimate of drug-likeness (QED) is 0.300. The van der Waals surface area contributed by atoms with Gasteiger partial charge in [-0.3, -0.25) is 0 Å². The Hall–Kier alpha value is -3.31. The predicted octanol–water partition coefficient (Wildman–Crippen LogP) is 2.43. The number of fused-ring (bicyclic) bond motifs is 2. The minimum atomic E-state index is -0.378. The maximum Gasteiger partial charge on any atom is 0.333 e. The molecule has 1 aromatic carbocycles. The minimum absolute atomic E-state index is 0. The summed E-state index contributed by atoms with van der Waals surface area (Å²) in [5.74, 6) is 0.546. The summed E-state index contributed by atoms with van der Waals surface area (Å²) < 4.78 is 14.4. The second kappa shape index (κ2) is 12.3. The first-order valence-electron chi connectivity index (χ1n) is 12.8. The fraction of sp³-hybridized carbons (Fsp3) is 0.355. The summed E-state index contributed by atoms with van der Waals surface area (Å²) in [5, 5.41) is 0. The number of benzene rings is 1. The summed E-state index contributed by atoms with van der Waals surface area (Å²) in [7, 11) is 2.09. The van der Waals surface area contributed by atoms with Crippen LogP contribution in [0.4, 0.5) is 0 Å². The number of nitrogens with zero attached hydrogens (tertiary/aromatic N) is 2. The minimum Gasteiger partial charge on any atom is -1.00 e. The fourth-order valence-corrected chi connectivity index (χ4v) is 4.88. The first kappa shape index (κ1) is 28.3. The van der Waals surface area contributed by atoms with Crippen molar-refractivity contribution in [3.05, 3.63) is 101 Å². The van der Waals surface area contributed by atoms with E-state index in [9.17, 15) is 4.79 Å². The molecule has 5 nitrogen and oxygen atoms in total. The molecule has 0 spiro atoms. The molecule has 0 radical (unpaired) electrons. The van der Waals surface area contributed by atoms with Gasteiger partial charge in [0.25, 0.3) is 0 Å². The van der Waals surface area contributed by atoms with Crippen molar-refractivity contribution in [2.24, 2.45) is 5.92 Å². The lowest BCUT2D eigenvalue weighted by molar-refractivity contribution is -0.491. The van der Waals surface area contributed by atoms with Crippen molar-refractivity contribution in [2.45, 2.75) is 40.4 Å². The Morgan fingerprint density at radius 3 is 2.54 bits per heavy atom. The third-order valence-electron chi connectivity index (χ3n) is 7.07. The molecule has 0 saturated carbocycles. The topological polar surface area (TPSA) is 41.8 Å². The molecule has 1 aromatic rings. The number of ether oxygens (including phenoxy) is 2. The third kappa shape index (κ3) is 5.83. The highest BCUT2D eigenvalue weighted by Crippen LogP contribution is 2.45. The van der Waals surface area contributed by atoms with E-state index >= 15 is 0 Å². The van der Waals surface area contributed by atoms with Crippen molar-refractivity contribution in [3.8, 4) is 0 Å². The van der Waals surface area contributed by atoms with Gasteiger partial charge in [-0.15, -0.1) is 0 Å². The lowest BCUT2D eigenvalue weighted by Gasteiger charge is -2.38. The highest BCUT2D eigenvalue weighted by molar-refractivity contribution is 6.04. The van der Waals surface area contributed by atoms with Gasteiger partial charge < -0.3 is 26.8 Å². The Bertz CT molecular complexity index is 1240. The Morgan fingerprint density at radius 1 is 1.14 bits per heavy atom. The lowest BCUT2D eigenvalue weighted by atomic mass is 9.77. The van der Waals surface area contributed by atoms with E-state index in [1.165, 1.54) is 11.3 Å². The van der Waals surface area contributed by atoms with E-state index in [1.54, 1.807) is 6.92 Å². The normalized spacial score (nSPS) is 21.0. The molecule has 1 heterocycles. The van der Waals surface area contributed by atoms with Gasteiger partial charge in [0.1, 0.15) is 32.1 Å². The molecule has 2 atom stereocenters.